The Morgan fingerprint density at radius 1 is 1.36 bits per heavy atom. The van der Waals surface area contributed by atoms with Gasteiger partial charge in [-0.25, -0.2) is 0 Å². The van der Waals surface area contributed by atoms with E-state index in [9.17, 15) is 20.2 Å². The molecule has 2 aromatic rings. The van der Waals surface area contributed by atoms with Crippen LogP contribution in [0, 0.1) is 33.8 Å². The van der Waals surface area contributed by atoms with Crippen LogP contribution >= 0.6 is 23.2 Å². The largest absolute Gasteiger partial charge is 0.479 e. The van der Waals surface area contributed by atoms with E-state index in [4.69, 9.17) is 34.4 Å². The van der Waals surface area contributed by atoms with E-state index in [1.54, 1.807) is 6.07 Å². The van der Waals surface area contributed by atoms with Crippen LogP contribution in [-0.4, -0.2) is 17.4 Å². The van der Waals surface area contributed by atoms with E-state index in [0.29, 0.717) is 0 Å². The van der Waals surface area contributed by atoms with Crippen molar-refractivity contribution in [2.24, 2.45) is 0 Å². The number of rotatable bonds is 6. The van der Waals surface area contributed by atoms with Gasteiger partial charge in [0.2, 0.25) is 0 Å². The summed E-state index contributed by atoms with van der Waals surface area (Å²) in [5.41, 5.74) is -0.0611. The Morgan fingerprint density at radius 3 is 2.75 bits per heavy atom. The lowest BCUT2D eigenvalue weighted by Gasteiger charge is -2.10. The van der Waals surface area contributed by atoms with Gasteiger partial charge in [0.25, 0.3) is 11.6 Å². The molecule has 1 amide bonds. The molecule has 0 saturated carbocycles. The molecule has 28 heavy (non-hydrogen) atoms. The number of terminal acetylenes is 1. The zero-order valence-electron chi connectivity index (χ0n) is 14.1. The Morgan fingerprint density at radius 2 is 2.11 bits per heavy atom. The predicted molar refractivity (Wildman–Crippen MR) is 106 cm³/mol. The number of halogens is 2. The molecule has 0 radical (unpaired) electrons. The number of nitrogens with one attached hydrogen (secondary N) is 1. The number of carbonyl (C=O) groups is 1. The van der Waals surface area contributed by atoms with Crippen molar-refractivity contribution in [3.8, 4) is 24.2 Å². The summed E-state index contributed by atoms with van der Waals surface area (Å²) in [7, 11) is 0. The van der Waals surface area contributed by atoms with Gasteiger partial charge in [-0.15, -0.1) is 6.42 Å². The Labute approximate surface area is 170 Å². The molecule has 0 spiro atoms. The second-order valence-corrected chi connectivity index (χ2v) is 6.07. The van der Waals surface area contributed by atoms with Gasteiger partial charge in [-0.1, -0.05) is 35.2 Å². The number of hydrogen-bond donors (Lipinski definition) is 1. The fourth-order valence-electron chi connectivity index (χ4n) is 2.15. The molecule has 0 atom stereocenters. The SMILES string of the molecule is C#CCOc1c(Cl)cc(Cl)cc1/C=C(\C#N)C(=O)Nc1cccc([N+](=O)[O-])c1. The van der Waals surface area contributed by atoms with Gasteiger partial charge in [0.1, 0.15) is 24.0 Å². The smallest absolute Gasteiger partial charge is 0.271 e. The number of amides is 1. The third kappa shape index (κ3) is 5.24. The van der Waals surface area contributed by atoms with Crippen LogP contribution in [-0.2, 0) is 4.79 Å². The maximum absolute atomic E-state index is 12.4. The molecule has 0 aliphatic heterocycles. The van der Waals surface area contributed by atoms with Crippen LogP contribution in [0.5, 0.6) is 5.75 Å². The molecule has 9 heteroatoms. The Balaban J connectivity index is 2.37. The third-order valence-corrected chi connectivity index (χ3v) is 3.82. The van der Waals surface area contributed by atoms with E-state index in [-0.39, 0.29) is 44.9 Å². The molecule has 0 aliphatic carbocycles. The van der Waals surface area contributed by atoms with E-state index in [1.165, 1.54) is 42.5 Å². The summed E-state index contributed by atoms with van der Waals surface area (Å²) < 4.78 is 5.37. The number of nitrogens with zero attached hydrogens (tertiary/aromatic N) is 2. The summed E-state index contributed by atoms with van der Waals surface area (Å²) in [5, 5.41) is 23.0. The van der Waals surface area contributed by atoms with Gasteiger partial charge in [0.05, 0.1) is 9.95 Å². The Bertz CT molecular complexity index is 1050. The number of non-ortho nitro benzene ring substituents is 1. The maximum Gasteiger partial charge on any atom is 0.271 e. The molecule has 0 aromatic heterocycles. The average molecular weight is 416 g/mol. The molecule has 2 aromatic carbocycles. The number of nitro groups is 1. The summed E-state index contributed by atoms with van der Waals surface area (Å²) >= 11 is 12.1. The van der Waals surface area contributed by atoms with E-state index in [0.717, 1.165) is 0 Å². The molecule has 0 heterocycles. The summed E-state index contributed by atoms with van der Waals surface area (Å²) in [6.45, 7) is -0.0794. The lowest BCUT2D eigenvalue weighted by molar-refractivity contribution is -0.384. The van der Waals surface area contributed by atoms with E-state index in [1.807, 2.05) is 0 Å². The van der Waals surface area contributed by atoms with Crippen molar-refractivity contribution < 1.29 is 14.5 Å². The molecule has 140 valence electrons. The van der Waals surface area contributed by atoms with Crippen LogP contribution in [0.2, 0.25) is 10.0 Å². The highest BCUT2D eigenvalue weighted by Crippen LogP contribution is 2.34. The Kier molecular flexibility index (Phi) is 7.00. The molecule has 0 unspecified atom stereocenters. The van der Waals surface area contributed by atoms with E-state index < -0.39 is 10.8 Å². The second-order valence-electron chi connectivity index (χ2n) is 5.23. The maximum atomic E-state index is 12.4. The van der Waals surface area contributed by atoms with Crippen molar-refractivity contribution in [3.63, 3.8) is 0 Å². The molecule has 0 saturated heterocycles. The van der Waals surface area contributed by atoms with Crippen LogP contribution in [0.1, 0.15) is 5.56 Å². The number of nitriles is 1. The zero-order valence-corrected chi connectivity index (χ0v) is 15.6. The zero-order chi connectivity index (χ0) is 20.7. The average Bonchev–Trinajstić information content (AvgIpc) is 2.65. The summed E-state index contributed by atoms with van der Waals surface area (Å²) in [4.78, 5) is 22.7. The standard InChI is InChI=1S/C19H11Cl2N3O4/c1-2-6-28-18-12(8-14(20)9-17(18)21)7-13(11-22)19(25)23-15-4-3-5-16(10-15)24(26)27/h1,3-5,7-10H,6H2,(H,23,25)/b13-7+. The molecule has 0 fully saturated rings. The van der Waals surface area contributed by atoms with Gasteiger partial charge in [-0.05, 0) is 24.3 Å². The van der Waals surface area contributed by atoms with Crippen molar-refractivity contribution in [2.45, 2.75) is 0 Å². The van der Waals surface area contributed by atoms with Gasteiger partial charge in [0, 0.05) is 28.4 Å². The van der Waals surface area contributed by atoms with Crippen LogP contribution in [0.25, 0.3) is 6.08 Å². The van der Waals surface area contributed by atoms with Gasteiger partial charge in [0.15, 0.2) is 0 Å². The van der Waals surface area contributed by atoms with Crippen molar-refractivity contribution in [1.82, 2.24) is 0 Å². The molecule has 0 bridgehead atoms. The third-order valence-electron chi connectivity index (χ3n) is 3.32. The lowest BCUT2D eigenvalue weighted by Crippen LogP contribution is -2.13. The number of hydrogen-bond acceptors (Lipinski definition) is 5. The summed E-state index contributed by atoms with van der Waals surface area (Å²) in [6, 6.07) is 9.96. The highest BCUT2D eigenvalue weighted by atomic mass is 35.5. The predicted octanol–water partition coefficient (Wildman–Crippen LogP) is 4.46. The quantitative estimate of drug-likeness (QED) is 0.246. The molecule has 0 aliphatic rings. The van der Waals surface area contributed by atoms with Crippen LogP contribution in [0.4, 0.5) is 11.4 Å². The van der Waals surface area contributed by atoms with Crippen LogP contribution < -0.4 is 10.1 Å². The van der Waals surface area contributed by atoms with Crippen LogP contribution in [0.3, 0.4) is 0 Å². The van der Waals surface area contributed by atoms with Crippen LogP contribution in [0.15, 0.2) is 42.0 Å². The monoisotopic (exact) mass is 415 g/mol. The minimum Gasteiger partial charge on any atom is -0.479 e. The first kappa shape index (κ1) is 20.8. The van der Waals surface area contributed by atoms with E-state index in [2.05, 4.69) is 11.2 Å². The number of anilines is 1. The van der Waals surface area contributed by atoms with Gasteiger partial charge >= 0.3 is 0 Å². The molecule has 2 rings (SSSR count). The first-order valence-electron chi connectivity index (χ1n) is 7.58. The number of nitro benzene ring substituents is 1. The first-order valence-corrected chi connectivity index (χ1v) is 8.34. The fourth-order valence-corrected chi connectivity index (χ4v) is 2.72. The normalized spacial score (nSPS) is 10.5. The van der Waals surface area contributed by atoms with Gasteiger partial charge in [-0.3, -0.25) is 14.9 Å². The van der Waals surface area contributed by atoms with Crippen molar-refractivity contribution in [3.05, 3.63) is 67.7 Å². The van der Waals surface area contributed by atoms with E-state index >= 15 is 0 Å². The Hall–Kier alpha value is -3.52. The number of benzene rings is 2. The highest BCUT2D eigenvalue weighted by Gasteiger charge is 2.15. The van der Waals surface area contributed by atoms with Crippen molar-refractivity contribution in [1.29, 1.82) is 5.26 Å². The fraction of sp³-hybridized carbons (Fsp3) is 0.0526. The van der Waals surface area contributed by atoms with Gasteiger partial charge in [-0.2, -0.15) is 5.26 Å². The number of ether oxygens (including phenoxy) is 1. The van der Waals surface area contributed by atoms with Gasteiger partial charge < -0.3 is 10.1 Å². The number of carbonyl (C=O) groups excluding carboxylic acids is 1. The topological polar surface area (TPSA) is 105 Å². The second kappa shape index (κ2) is 9.43. The van der Waals surface area contributed by atoms with Crippen molar-refractivity contribution >= 4 is 46.6 Å². The summed E-state index contributed by atoms with van der Waals surface area (Å²) in [5.74, 6) is 1.68. The minimum atomic E-state index is -0.776. The minimum absolute atomic E-state index is 0.0794. The highest BCUT2D eigenvalue weighted by molar-refractivity contribution is 6.36. The lowest BCUT2D eigenvalue weighted by atomic mass is 10.1. The van der Waals surface area contributed by atoms with Crippen molar-refractivity contribution in [2.75, 3.05) is 11.9 Å². The molecular formula is C19H11Cl2N3O4. The summed E-state index contributed by atoms with van der Waals surface area (Å²) in [6.07, 6.45) is 6.41. The molecule has 7 nitrogen and oxygen atoms in total. The first-order chi connectivity index (χ1) is 13.3. The molecular weight excluding hydrogens is 405 g/mol. The molecule has 1 N–H and O–H groups in total.